The molecule has 2 aromatic rings. The second kappa shape index (κ2) is 3.11. The van der Waals surface area contributed by atoms with Crippen LogP contribution in [0.4, 0.5) is 0 Å². The molecule has 0 amide bonds. The number of nitrogens with one attached hydrogen (secondary N) is 1. The standard InChI is InChI=1S/C13H16N2/c1-8-5-6-12-10(7-8)9-3-2-4-11(14)13(9)15-12/h5-7,11,15H,2-4,14H2,1H3/t11-/m0/s1. The summed E-state index contributed by atoms with van der Waals surface area (Å²) in [5.74, 6) is 0. The highest BCUT2D eigenvalue weighted by atomic mass is 14.8. The fourth-order valence-electron chi connectivity index (χ4n) is 2.61. The SMILES string of the molecule is Cc1ccc2[nH]c3c(c2c1)CCC[C@@H]3N. The normalized spacial score (nSPS) is 20.5. The average Bonchev–Trinajstić information content (AvgIpc) is 2.58. The van der Waals surface area contributed by atoms with Crippen LogP contribution in [0.2, 0.25) is 0 Å². The number of aromatic nitrogens is 1. The van der Waals surface area contributed by atoms with Gasteiger partial charge in [-0.1, -0.05) is 11.6 Å². The molecule has 1 aromatic heterocycles. The lowest BCUT2D eigenvalue weighted by atomic mass is 9.92. The molecule has 0 fully saturated rings. The molecule has 2 nitrogen and oxygen atoms in total. The van der Waals surface area contributed by atoms with E-state index in [1.807, 2.05) is 0 Å². The van der Waals surface area contributed by atoms with E-state index in [2.05, 4.69) is 30.1 Å². The van der Waals surface area contributed by atoms with Gasteiger partial charge >= 0.3 is 0 Å². The minimum atomic E-state index is 0.210. The van der Waals surface area contributed by atoms with Crippen molar-refractivity contribution in [3.8, 4) is 0 Å². The molecule has 0 saturated heterocycles. The number of hydrogen-bond donors (Lipinski definition) is 2. The van der Waals surface area contributed by atoms with Gasteiger partial charge in [-0.25, -0.2) is 0 Å². The van der Waals surface area contributed by atoms with Crippen LogP contribution in [0, 0.1) is 6.92 Å². The summed E-state index contributed by atoms with van der Waals surface area (Å²) in [5, 5.41) is 1.38. The zero-order valence-electron chi connectivity index (χ0n) is 9.01. The summed E-state index contributed by atoms with van der Waals surface area (Å²) < 4.78 is 0. The highest BCUT2D eigenvalue weighted by molar-refractivity contribution is 5.85. The number of fused-ring (bicyclic) bond motifs is 3. The molecule has 0 radical (unpaired) electrons. The van der Waals surface area contributed by atoms with Crippen molar-refractivity contribution in [2.45, 2.75) is 32.2 Å². The smallest absolute Gasteiger partial charge is 0.0459 e. The predicted molar refractivity (Wildman–Crippen MR) is 62.9 cm³/mol. The number of benzene rings is 1. The van der Waals surface area contributed by atoms with Gasteiger partial charge in [-0.3, -0.25) is 0 Å². The van der Waals surface area contributed by atoms with Gasteiger partial charge in [-0.2, -0.15) is 0 Å². The van der Waals surface area contributed by atoms with Crippen LogP contribution in [0.15, 0.2) is 18.2 Å². The Morgan fingerprint density at radius 1 is 1.40 bits per heavy atom. The van der Waals surface area contributed by atoms with Gasteiger partial charge in [0.25, 0.3) is 0 Å². The third-order valence-electron chi connectivity index (χ3n) is 3.41. The second-order valence-corrected chi connectivity index (χ2v) is 4.56. The summed E-state index contributed by atoms with van der Waals surface area (Å²) >= 11 is 0. The summed E-state index contributed by atoms with van der Waals surface area (Å²) in [4.78, 5) is 3.47. The zero-order valence-corrected chi connectivity index (χ0v) is 9.01. The molecule has 0 aliphatic heterocycles. The Kier molecular flexibility index (Phi) is 1.86. The van der Waals surface area contributed by atoms with E-state index >= 15 is 0 Å². The fourth-order valence-corrected chi connectivity index (χ4v) is 2.61. The van der Waals surface area contributed by atoms with Gasteiger partial charge in [0.1, 0.15) is 0 Å². The number of rotatable bonds is 0. The van der Waals surface area contributed by atoms with Crippen LogP contribution < -0.4 is 5.73 Å². The van der Waals surface area contributed by atoms with Crippen LogP contribution in [0.5, 0.6) is 0 Å². The first-order valence-electron chi connectivity index (χ1n) is 5.62. The molecule has 15 heavy (non-hydrogen) atoms. The molecule has 0 spiro atoms. The molecule has 3 rings (SSSR count). The van der Waals surface area contributed by atoms with E-state index in [0.29, 0.717) is 0 Å². The predicted octanol–water partition coefficient (Wildman–Crippen LogP) is 2.81. The Labute approximate surface area is 89.5 Å². The topological polar surface area (TPSA) is 41.8 Å². The van der Waals surface area contributed by atoms with E-state index in [4.69, 9.17) is 5.73 Å². The first-order chi connectivity index (χ1) is 7.25. The lowest BCUT2D eigenvalue weighted by molar-refractivity contribution is 0.562. The molecule has 1 aromatic carbocycles. The van der Waals surface area contributed by atoms with Gasteiger partial charge < -0.3 is 10.7 Å². The van der Waals surface area contributed by atoms with E-state index in [1.165, 1.54) is 40.6 Å². The van der Waals surface area contributed by atoms with E-state index in [9.17, 15) is 0 Å². The quantitative estimate of drug-likeness (QED) is 0.674. The lowest BCUT2D eigenvalue weighted by Gasteiger charge is -2.18. The molecule has 0 unspecified atom stereocenters. The molecule has 1 atom stereocenters. The van der Waals surface area contributed by atoms with E-state index in [-0.39, 0.29) is 6.04 Å². The van der Waals surface area contributed by atoms with Crippen molar-refractivity contribution in [3.63, 3.8) is 0 Å². The minimum absolute atomic E-state index is 0.210. The Balaban J connectivity index is 2.31. The Bertz CT molecular complexity index is 510. The van der Waals surface area contributed by atoms with Crippen LogP contribution >= 0.6 is 0 Å². The lowest BCUT2D eigenvalue weighted by Crippen LogP contribution is -2.16. The van der Waals surface area contributed by atoms with Gasteiger partial charge in [-0.05, 0) is 43.9 Å². The first kappa shape index (κ1) is 8.98. The molecule has 0 bridgehead atoms. The zero-order chi connectivity index (χ0) is 10.4. The van der Waals surface area contributed by atoms with Gasteiger partial charge in [0.2, 0.25) is 0 Å². The highest BCUT2D eigenvalue weighted by Crippen LogP contribution is 2.33. The molecular formula is C13H16N2. The van der Waals surface area contributed by atoms with Gasteiger partial charge in [-0.15, -0.1) is 0 Å². The van der Waals surface area contributed by atoms with Gasteiger partial charge in [0.05, 0.1) is 0 Å². The number of aromatic amines is 1. The van der Waals surface area contributed by atoms with Crippen molar-refractivity contribution < 1.29 is 0 Å². The summed E-state index contributed by atoms with van der Waals surface area (Å²) in [5.41, 5.74) is 11.4. The monoisotopic (exact) mass is 200 g/mol. The minimum Gasteiger partial charge on any atom is -0.357 e. The number of nitrogens with two attached hydrogens (primary N) is 1. The second-order valence-electron chi connectivity index (χ2n) is 4.56. The maximum absolute atomic E-state index is 6.12. The van der Waals surface area contributed by atoms with Crippen molar-refractivity contribution in [1.29, 1.82) is 0 Å². The van der Waals surface area contributed by atoms with Crippen molar-refractivity contribution in [2.24, 2.45) is 5.73 Å². The van der Waals surface area contributed by atoms with Crippen LogP contribution in [0.3, 0.4) is 0 Å². The molecule has 0 saturated carbocycles. The van der Waals surface area contributed by atoms with Crippen molar-refractivity contribution in [3.05, 3.63) is 35.0 Å². The van der Waals surface area contributed by atoms with E-state index in [1.54, 1.807) is 0 Å². The summed E-state index contributed by atoms with van der Waals surface area (Å²) in [6.07, 6.45) is 3.50. The summed E-state index contributed by atoms with van der Waals surface area (Å²) in [7, 11) is 0. The van der Waals surface area contributed by atoms with Crippen molar-refractivity contribution in [2.75, 3.05) is 0 Å². The number of hydrogen-bond acceptors (Lipinski definition) is 1. The third-order valence-corrected chi connectivity index (χ3v) is 3.41. The molecule has 78 valence electrons. The van der Waals surface area contributed by atoms with Crippen LogP contribution in [0.1, 0.15) is 35.7 Å². The molecular weight excluding hydrogens is 184 g/mol. The number of H-pyrrole nitrogens is 1. The Morgan fingerprint density at radius 3 is 3.13 bits per heavy atom. The Morgan fingerprint density at radius 2 is 2.27 bits per heavy atom. The van der Waals surface area contributed by atoms with Gasteiger partial charge in [0.15, 0.2) is 0 Å². The number of aryl methyl sites for hydroxylation is 2. The summed E-state index contributed by atoms with van der Waals surface area (Å²) in [6.45, 7) is 2.14. The highest BCUT2D eigenvalue weighted by Gasteiger charge is 2.20. The molecule has 2 heteroatoms. The maximum Gasteiger partial charge on any atom is 0.0459 e. The van der Waals surface area contributed by atoms with Gasteiger partial charge in [0, 0.05) is 22.6 Å². The molecule has 1 aliphatic carbocycles. The van der Waals surface area contributed by atoms with Crippen LogP contribution in [0.25, 0.3) is 10.9 Å². The summed E-state index contributed by atoms with van der Waals surface area (Å²) in [6, 6.07) is 6.79. The Hall–Kier alpha value is -1.28. The molecule has 1 heterocycles. The van der Waals surface area contributed by atoms with Crippen LogP contribution in [-0.2, 0) is 6.42 Å². The van der Waals surface area contributed by atoms with E-state index < -0.39 is 0 Å². The average molecular weight is 200 g/mol. The van der Waals surface area contributed by atoms with E-state index in [0.717, 1.165) is 6.42 Å². The first-order valence-corrected chi connectivity index (χ1v) is 5.62. The molecule has 3 N–H and O–H groups in total. The maximum atomic E-state index is 6.12. The third kappa shape index (κ3) is 1.29. The largest absolute Gasteiger partial charge is 0.357 e. The van der Waals surface area contributed by atoms with Crippen LogP contribution in [-0.4, -0.2) is 4.98 Å². The van der Waals surface area contributed by atoms with Crippen molar-refractivity contribution >= 4 is 10.9 Å². The van der Waals surface area contributed by atoms with Crippen molar-refractivity contribution in [1.82, 2.24) is 4.98 Å². The molecule has 1 aliphatic rings. The fraction of sp³-hybridized carbons (Fsp3) is 0.385.